The lowest BCUT2D eigenvalue weighted by Gasteiger charge is -2.07. The van der Waals surface area contributed by atoms with Gasteiger partial charge in [0.1, 0.15) is 0 Å². The van der Waals surface area contributed by atoms with E-state index in [1.54, 1.807) is 24.5 Å². The predicted octanol–water partition coefficient (Wildman–Crippen LogP) is 0.686. The van der Waals surface area contributed by atoms with Crippen LogP contribution in [-0.2, 0) is 10.8 Å². The molecule has 0 spiro atoms. The van der Waals surface area contributed by atoms with E-state index in [1.807, 2.05) is 6.92 Å². The number of anilines is 1. The Morgan fingerprint density at radius 1 is 1.50 bits per heavy atom. The third-order valence-electron chi connectivity index (χ3n) is 2.17. The van der Waals surface area contributed by atoms with Gasteiger partial charge in [0, 0.05) is 40.6 Å². The summed E-state index contributed by atoms with van der Waals surface area (Å²) in [7, 11) is -0.882. The Labute approximate surface area is 97.7 Å². The first-order valence-electron chi connectivity index (χ1n) is 4.95. The van der Waals surface area contributed by atoms with Crippen LogP contribution in [0.2, 0.25) is 0 Å². The van der Waals surface area contributed by atoms with Gasteiger partial charge in [0.25, 0.3) is 5.91 Å². The number of carbonyl (C=O) groups is 1. The quantitative estimate of drug-likeness (QED) is 0.760. The van der Waals surface area contributed by atoms with E-state index in [4.69, 9.17) is 5.73 Å². The molecule has 1 rings (SSSR count). The van der Waals surface area contributed by atoms with Gasteiger partial charge >= 0.3 is 0 Å². The number of carbonyl (C=O) groups excluding carboxylic acids is 1. The molecule has 1 unspecified atom stereocenters. The molecule has 1 amide bonds. The largest absolute Gasteiger partial charge is 0.399 e. The number of nitrogens with two attached hydrogens (primary N) is 1. The zero-order chi connectivity index (χ0) is 12.1. The molecule has 0 radical (unpaired) electrons. The molecule has 3 N–H and O–H groups in total. The van der Waals surface area contributed by atoms with Crippen molar-refractivity contribution in [3.63, 3.8) is 0 Å². The Hall–Kier alpha value is -1.36. The van der Waals surface area contributed by atoms with Crippen molar-refractivity contribution < 1.29 is 9.00 Å². The summed E-state index contributed by atoms with van der Waals surface area (Å²) in [5, 5.41) is 2.72. The van der Waals surface area contributed by atoms with Gasteiger partial charge in [-0.2, -0.15) is 0 Å². The monoisotopic (exact) mass is 240 g/mol. The van der Waals surface area contributed by atoms with Gasteiger partial charge in [-0.25, -0.2) is 0 Å². The van der Waals surface area contributed by atoms with Crippen LogP contribution in [0.5, 0.6) is 0 Å². The number of nitrogens with one attached hydrogen (secondary N) is 1. The van der Waals surface area contributed by atoms with E-state index in [9.17, 15) is 9.00 Å². The highest BCUT2D eigenvalue weighted by molar-refractivity contribution is 7.84. The van der Waals surface area contributed by atoms with Crippen LogP contribution in [0.15, 0.2) is 18.2 Å². The van der Waals surface area contributed by atoms with Crippen LogP contribution in [0.25, 0.3) is 0 Å². The normalized spacial score (nSPS) is 12.1. The fourth-order valence-electron chi connectivity index (χ4n) is 1.35. The second-order valence-corrected chi connectivity index (χ2v) is 5.16. The molecule has 16 heavy (non-hydrogen) atoms. The van der Waals surface area contributed by atoms with Gasteiger partial charge < -0.3 is 11.1 Å². The fourth-order valence-corrected chi connectivity index (χ4v) is 1.73. The highest BCUT2D eigenvalue weighted by atomic mass is 32.2. The molecule has 0 fully saturated rings. The molecular formula is C11H16N2O2S. The summed E-state index contributed by atoms with van der Waals surface area (Å²) < 4.78 is 10.8. The van der Waals surface area contributed by atoms with E-state index >= 15 is 0 Å². The maximum absolute atomic E-state index is 11.7. The summed E-state index contributed by atoms with van der Waals surface area (Å²) in [6.45, 7) is 2.26. The summed E-state index contributed by atoms with van der Waals surface area (Å²) in [5.74, 6) is 0.322. The van der Waals surface area contributed by atoms with Crippen molar-refractivity contribution in [3.8, 4) is 0 Å². The zero-order valence-corrected chi connectivity index (χ0v) is 10.3. The molecule has 0 aromatic heterocycles. The van der Waals surface area contributed by atoms with Crippen molar-refractivity contribution in [1.82, 2.24) is 5.32 Å². The van der Waals surface area contributed by atoms with Gasteiger partial charge in [0.2, 0.25) is 0 Å². The summed E-state index contributed by atoms with van der Waals surface area (Å²) in [5.41, 5.74) is 7.69. The van der Waals surface area contributed by atoms with E-state index in [1.165, 1.54) is 0 Å². The average Bonchev–Trinajstić information content (AvgIpc) is 2.16. The van der Waals surface area contributed by atoms with Gasteiger partial charge in [-0.1, -0.05) is 0 Å². The second kappa shape index (κ2) is 5.65. The van der Waals surface area contributed by atoms with Crippen molar-refractivity contribution in [3.05, 3.63) is 29.3 Å². The minimum atomic E-state index is -0.882. The number of rotatable bonds is 4. The third kappa shape index (κ3) is 3.66. The van der Waals surface area contributed by atoms with Gasteiger partial charge in [-0.3, -0.25) is 9.00 Å². The lowest BCUT2D eigenvalue weighted by Crippen LogP contribution is -2.28. The molecule has 0 bridgehead atoms. The topological polar surface area (TPSA) is 72.2 Å². The molecule has 1 aromatic carbocycles. The summed E-state index contributed by atoms with van der Waals surface area (Å²) in [6, 6.07) is 5.15. The Morgan fingerprint density at radius 3 is 2.75 bits per heavy atom. The standard InChI is InChI=1S/C11H16N2O2S/c1-8-7-9(12)3-4-10(8)11(14)13-5-6-16(2)15/h3-4,7H,5-6,12H2,1-2H3,(H,13,14). The summed E-state index contributed by atoms with van der Waals surface area (Å²) in [4.78, 5) is 11.7. The van der Waals surface area contributed by atoms with Crippen LogP contribution < -0.4 is 11.1 Å². The highest BCUT2D eigenvalue weighted by Gasteiger charge is 2.08. The lowest BCUT2D eigenvalue weighted by atomic mass is 10.1. The smallest absolute Gasteiger partial charge is 0.251 e. The van der Waals surface area contributed by atoms with Crippen LogP contribution in [-0.4, -0.2) is 28.7 Å². The van der Waals surface area contributed by atoms with Gasteiger partial charge in [-0.05, 0) is 30.7 Å². The van der Waals surface area contributed by atoms with Crippen LogP contribution >= 0.6 is 0 Å². The van der Waals surface area contributed by atoms with Crippen molar-refractivity contribution >= 4 is 22.4 Å². The number of hydrogen-bond donors (Lipinski definition) is 2. The van der Waals surface area contributed by atoms with Gasteiger partial charge in [-0.15, -0.1) is 0 Å². The number of aryl methyl sites for hydroxylation is 1. The SMILES string of the molecule is Cc1cc(N)ccc1C(=O)NCCS(C)=O. The van der Waals surface area contributed by atoms with Crippen molar-refractivity contribution in [2.75, 3.05) is 24.3 Å². The first-order valence-corrected chi connectivity index (χ1v) is 6.68. The van der Waals surface area contributed by atoms with Gasteiger partial charge in [0.05, 0.1) is 0 Å². The molecule has 1 atom stereocenters. The lowest BCUT2D eigenvalue weighted by molar-refractivity contribution is 0.0955. The maximum atomic E-state index is 11.7. The summed E-state index contributed by atoms with van der Waals surface area (Å²) in [6.07, 6.45) is 1.61. The molecule has 5 heteroatoms. The first kappa shape index (κ1) is 12.7. The highest BCUT2D eigenvalue weighted by Crippen LogP contribution is 2.11. The van der Waals surface area contributed by atoms with Crippen molar-refractivity contribution in [2.24, 2.45) is 0 Å². The van der Waals surface area contributed by atoms with E-state index in [-0.39, 0.29) is 5.91 Å². The van der Waals surface area contributed by atoms with E-state index in [0.29, 0.717) is 23.5 Å². The molecule has 0 aliphatic rings. The Bertz CT molecular complexity index is 418. The van der Waals surface area contributed by atoms with E-state index < -0.39 is 10.8 Å². The molecular weight excluding hydrogens is 224 g/mol. The Kier molecular flexibility index (Phi) is 4.49. The number of benzene rings is 1. The molecule has 0 saturated carbocycles. The van der Waals surface area contributed by atoms with Crippen LogP contribution in [0.4, 0.5) is 5.69 Å². The molecule has 0 saturated heterocycles. The summed E-state index contributed by atoms with van der Waals surface area (Å²) >= 11 is 0. The number of hydrogen-bond acceptors (Lipinski definition) is 3. The fraction of sp³-hybridized carbons (Fsp3) is 0.364. The van der Waals surface area contributed by atoms with Gasteiger partial charge in [0.15, 0.2) is 0 Å². The number of nitrogen functional groups attached to an aromatic ring is 1. The molecule has 4 nitrogen and oxygen atoms in total. The minimum absolute atomic E-state index is 0.150. The molecule has 0 aliphatic heterocycles. The molecule has 88 valence electrons. The average molecular weight is 240 g/mol. The minimum Gasteiger partial charge on any atom is -0.399 e. The molecule has 0 heterocycles. The Morgan fingerprint density at radius 2 is 2.19 bits per heavy atom. The van der Waals surface area contributed by atoms with E-state index in [0.717, 1.165) is 5.56 Å². The van der Waals surface area contributed by atoms with Crippen LogP contribution in [0, 0.1) is 6.92 Å². The van der Waals surface area contributed by atoms with Crippen molar-refractivity contribution in [1.29, 1.82) is 0 Å². The number of amides is 1. The van der Waals surface area contributed by atoms with Crippen molar-refractivity contribution in [2.45, 2.75) is 6.92 Å². The van der Waals surface area contributed by atoms with Crippen LogP contribution in [0.1, 0.15) is 15.9 Å². The molecule has 1 aromatic rings. The third-order valence-corrected chi connectivity index (χ3v) is 2.95. The zero-order valence-electron chi connectivity index (χ0n) is 9.45. The molecule has 0 aliphatic carbocycles. The first-order chi connectivity index (χ1) is 7.50. The van der Waals surface area contributed by atoms with Crippen LogP contribution in [0.3, 0.4) is 0 Å². The maximum Gasteiger partial charge on any atom is 0.251 e. The second-order valence-electron chi connectivity index (χ2n) is 3.61. The predicted molar refractivity (Wildman–Crippen MR) is 66.9 cm³/mol. The Balaban J connectivity index is 2.63. The van der Waals surface area contributed by atoms with E-state index in [2.05, 4.69) is 5.32 Å².